The highest BCUT2D eigenvalue weighted by atomic mass is 32.1. The van der Waals surface area contributed by atoms with Gasteiger partial charge in [-0.1, -0.05) is 0 Å². The van der Waals surface area contributed by atoms with Gasteiger partial charge in [0.1, 0.15) is 11.3 Å². The number of carbonyl (C=O) groups is 1. The van der Waals surface area contributed by atoms with Gasteiger partial charge >= 0.3 is 12.1 Å². The Morgan fingerprint density at radius 2 is 2.00 bits per heavy atom. The molecule has 1 aromatic heterocycles. The Kier molecular flexibility index (Phi) is 3.51. The minimum Gasteiger partial charge on any atom is -0.465 e. The maximum atomic E-state index is 13.1. The summed E-state index contributed by atoms with van der Waals surface area (Å²) in [6, 6.07) is 0. The topological polar surface area (TPSA) is 111 Å². The van der Waals surface area contributed by atoms with Gasteiger partial charge in [0, 0.05) is 12.4 Å². The second-order valence-corrected chi connectivity index (χ2v) is 4.91. The van der Waals surface area contributed by atoms with E-state index in [0.29, 0.717) is 4.68 Å². The maximum absolute atomic E-state index is 13.1. The van der Waals surface area contributed by atoms with Crippen molar-refractivity contribution in [1.82, 2.24) is 29.7 Å². The molecule has 0 unspecified atom stereocenters. The largest absolute Gasteiger partial charge is 0.465 e. The molecule has 126 valence electrons. The minimum absolute atomic E-state index is 0.0355. The summed E-state index contributed by atoms with van der Waals surface area (Å²) in [6.45, 7) is 0. The first-order chi connectivity index (χ1) is 11.2. The van der Waals surface area contributed by atoms with Gasteiger partial charge < -0.3 is 4.74 Å². The van der Waals surface area contributed by atoms with E-state index in [1.165, 1.54) is 0 Å². The normalized spacial score (nSPS) is 11.8. The van der Waals surface area contributed by atoms with Crippen LogP contribution >= 0.6 is 12.2 Å². The molecule has 9 nitrogen and oxygen atoms in total. The summed E-state index contributed by atoms with van der Waals surface area (Å²) in [6.07, 6.45) is -2.76. The number of alkyl halides is 3. The van der Waals surface area contributed by atoms with Gasteiger partial charge in [-0.3, -0.25) is 9.47 Å². The Balaban J connectivity index is 2.37. The number of nitrogens with one attached hydrogen (secondary N) is 2. The van der Waals surface area contributed by atoms with E-state index in [1.54, 1.807) is 0 Å². The molecule has 0 fully saturated rings. The number of H-pyrrole nitrogens is 2. The number of ether oxygens (including phenoxy) is 1. The molecule has 0 bridgehead atoms. The van der Waals surface area contributed by atoms with Crippen molar-refractivity contribution in [3.63, 3.8) is 0 Å². The molecule has 0 aromatic carbocycles. The Morgan fingerprint density at radius 1 is 1.29 bits per heavy atom. The fraction of sp³-hybridized carbons (Fsp3) is 0.182. The summed E-state index contributed by atoms with van der Waals surface area (Å²) in [7, 11) is 1.08. The number of aromatic nitrogens is 6. The zero-order valence-electron chi connectivity index (χ0n) is 11.7. The fourth-order valence-corrected chi connectivity index (χ4v) is 2.31. The molecule has 0 saturated heterocycles. The van der Waals surface area contributed by atoms with Gasteiger partial charge in [0.15, 0.2) is 0 Å². The molecular weight excluding hydrogens is 353 g/mol. The zero-order valence-corrected chi connectivity index (χ0v) is 12.5. The molecule has 0 aliphatic carbocycles. The third-order valence-corrected chi connectivity index (χ3v) is 3.35. The van der Waals surface area contributed by atoms with Crippen LogP contribution in [0.3, 0.4) is 0 Å². The van der Waals surface area contributed by atoms with Crippen LogP contribution < -0.4 is 5.56 Å². The van der Waals surface area contributed by atoms with Crippen molar-refractivity contribution >= 4 is 18.2 Å². The molecule has 0 atom stereocenters. The quantitative estimate of drug-likeness (QED) is 0.522. The summed E-state index contributed by atoms with van der Waals surface area (Å²) < 4.78 is 44.7. The average Bonchev–Trinajstić information content (AvgIpc) is 3.09. The molecular formula is C11H7F3N6O3S. The number of esters is 1. The van der Waals surface area contributed by atoms with Crippen molar-refractivity contribution < 1.29 is 22.7 Å². The fourth-order valence-electron chi connectivity index (χ4n) is 2.09. The minimum atomic E-state index is -4.82. The van der Waals surface area contributed by atoms with Crippen LogP contribution in [0.5, 0.6) is 0 Å². The molecule has 2 N–H and O–H groups in total. The first kappa shape index (κ1) is 15.9. The van der Waals surface area contributed by atoms with Crippen LogP contribution in [0.4, 0.5) is 13.2 Å². The lowest BCUT2D eigenvalue weighted by Gasteiger charge is -2.15. The summed E-state index contributed by atoms with van der Waals surface area (Å²) in [5.41, 5.74) is -1.06. The first-order valence-corrected chi connectivity index (χ1v) is 6.59. The number of rotatable bonds is 2. The van der Waals surface area contributed by atoms with E-state index in [-0.39, 0.29) is 16.8 Å². The average molecular weight is 360 g/mol. The number of aromatic amines is 2. The summed E-state index contributed by atoms with van der Waals surface area (Å²) >= 11 is 4.80. The number of methoxy groups -OCH3 is 1. The molecule has 24 heavy (non-hydrogen) atoms. The highest BCUT2D eigenvalue weighted by molar-refractivity contribution is 7.71. The van der Waals surface area contributed by atoms with Crippen LogP contribution in [0.2, 0.25) is 0 Å². The highest BCUT2D eigenvalue weighted by Crippen LogP contribution is 2.28. The third kappa shape index (κ3) is 2.38. The standard InChI is InChI=1S/C11H7F3N6O3S/c1-23-8(22)5-3-19(2-4-6(5)15-16-7(4)21)20-9(11(12,13)14)17-18-10(20)24/h2-3H,1H3,(H,16,21)(H,18,24). The smallest absolute Gasteiger partial charge is 0.453 e. The number of halogens is 3. The van der Waals surface area contributed by atoms with Gasteiger partial charge in [-0.05, 0) is 12.2 Å². The summed E-state index contributed by atoms with van der Waals surface area (Å²) in [5.74, 6) is -2.24. The van der Waals surface area contributed by atoms with Crippen LogP contribution in [0.1, 0.15) is 16.2 Å². The number of hydrogen-bond donors (Lipinski definition) is 2. The van der Waals surface area contributed by atoms with E-state index < -0.39 is 28.3 Å². The lowest BCUT2D eigenvalue weighted by Crippen LogP contribution is -2.22. The highest BCUT2D eigenvalue weighted by Gasteiger charge is 2.38. The van der Waals surface area contributed by atoms with E-state index in [9.17, 15) is 22.8 Å². The van der Waals surface area contributed by atoms with Crippen LogP contribution in [-0.4, -0.2) is 42.8 Å². The van der Waals surface area contributed by atoms with E-state index in [1.807, 2.05) is 5.10 Å². The summed E-state index contributed by atoms with van der Waals surface area (Å²) in [5, 5.41) is 10.9. The van der Waals surface area contributed by atoms with Gasteiger partial charge in [-0.15, -0.1) is 5.10 Å². The van der Waals surface area contributed by atoms with Crippen LogP contribution in [0.15, 0.2) is 17.2 Å². The number of carbonyl (C=O) groups excluding carboxylic acids is 1. The van der Waals surface area contributed by atoms with Crippen molar-refractivity contribution in [3.05, 3.63) is 38.9 Å². The van der Waals surface area contributed by atoms with Crippen LogP contribution in [0, 0.1) is 4.77 Å². The molecule has 1 aromatic rings. The van der Waals surface area contributed by atoms with Crippen molar-refractivity contribution in [3.8, 4) is 11.3 Å². The number of hydrogen-bond acceptors (Lipinski definition) is 6. The van der Waals surface area contributed by atoms with E-state index in [0.717, 1.165) is 24.2 Å². The lowest BCUT2D eigenvalue weighted by molar-refractivity contribution is -0.148. The van der Waals surface area contributed by atoms with Crippen LogP contribution in [0.25, 0.3) is 11.3 Å². The molecule has 0 radical (unpaired) electrons. The summed E-state index contributed by atoms with van der Waals surface area (Å²) in [4.78, 5) is 23.6. The Labute approximate surface area is 135 Å². The number of nitrogens with zero attached hydrogens (tertiary/aromatic N) is 4. The first-order valence-electron chi connectivity index (χ1n) is 6.18. The molecule has 2 aliphatic heterocycles. The van der Waals surface area contributed by atoms with Crippen molar-refractivity contribution in [2.75, 3.05) is 7.11 Å². The van der Waals surface area contributed by atoms with E-state index in [2.05, 4.69) is 20.0 Å². The second kappa shape index (κ2) is 5.30. The van der Waals surface area contributed by atoms with Gasteiger partial charge in [-0.25, -0.2) is 15.0 Å². The van der Waals surface area contributed by atoms with Gasteiger partial charge in [0.25, 0.3) is 11.4 Å². The third-order valence-electron chi connectivity index (χ3n) is 3.09. The molecule has 2 aliphatic rings. The Bertz CT molecular complexity index is 1010. The molecule has 0 spiro atoms. The van der Waals surface area contributed by atoms with Crippen molar-refractivity contribution in [2.24, 2.45) is 0 Å². The molecule has 13 heteroatoms. The van der Waals surface area contributed by atoms with Crippen molar-refractivity contribution in [1.29, 1.82) is 0 Å². The number of pyridine rings is 1. The van der Waals surface area contributed by atoms with Gasteiger partial charge in [-0.2, -0.15) is 22.9 Å². The second-order valence-electron chi connectivity index (χ2n) is 4.52. The molecule has 3 rings (SSSR count). The van der Waals surface area contributed by atoms with E-state index >= 15 is 0 Å². The van der Waals surface area contributed by atoms with Crippen LogP contribution in [-0.2, 0) is 10.9 Å². The molecule has 0 saturated carbocycles. The predicted octanol–water partition coefficient (Wildman–Crippen LogP) is 1.05. The molecule has 3 heterocycles. The zero-order chi connectivity index (χ0) is 17.6. The maximum Gasteiger partial charge on any atom is 0.453 e. The van der Waals surface area contributed by atoms with Gasteiger partial charge in [0.05, 0.1) is 12.7 Å². The Morgan fingerprint density at radius 3 is 2.62 bits per heavy atom. The lowest BCUT2D eigenvalue weighted by atomic mass is 10.1. The monoisotopic (exact) mass is 360 g/mol. The van der Waals surface area contributed by atoms with E-state index in [4.69, 9.17) is 12.2 Å². The Hall–Kier alpha value is -2.96. The molecule has 0 amide bonds. The number of fused-ring (bicyclic) bond motifs is 1. The SMILES string of the molecule is COC(=O)c1cn(-n2c(C(F)(F)F)n[nH]c2=S)cc2c(=O)[nH]nc1-2. The van der Waals surface area contributed by atoms with Gasteiger partial charge in [0.2, 0.25) is 4.77 Å². The van der Waals surface area contributed by atoms with Crippen molar-refractivity contribution in [2.45, 2.75) is 6.18 Å². The predicted molar refractivity (Wildman–Crippen MR) is 74.0 cm³/mol.